The number of nitrogens with zero attached hydrogens (tertiary/aromatic N) is 5. The van der Waals surface area contributed by atoms with Gasteiger partial charge in [-0.1, -0.05) is 17.6 Å². The van der Waals surface area contributed by atoms with Crippen LogP contribution in [0.4, 0.5) is 21.9 Å². The average molecular weight is 594 g/mol. The second-order valence-electron chi connectivity index (χ2n) is 9.82. The number of anilines is 1. The minimum absolute atomic E-state index is 0.0662. The van der Waals surface area contributed by atoms with Gasteiger partial charge in [0.1, 0.15) is 5.69 Å². The summed E-state index contributed by atoms with van der Waals surface area (Å²) in [5, 5.41) is 34.5. The lowest BCUT2D eigenvalue weighted by Gasteiger charge is -2.17. The van der Waals surface area contributed by atoms with Gasteiger partial charge in [-0.2, -0.15) is 11.8 Å². The number of nitrogens with one attached hydrogen (secondary N) is 4. The number of rotatable bonds is 16. The lowest BCUT2D eigenvalue weighted by atomic mass is 10.0. The van der Waals surface area contributed by atoms with E-state index in [9.17, 15) is 19.7 Å². The van der Waals surface area contributed by atoms with Crippen molar-refractivity contribution < 1.29 is 24.4 Å². The lowest BCUT2D eigenvalue weighted by molar-refractivity contribution is -0.383. The van der Waals surface area contributed by atoms with Crippen LogP contribution in [0.3, 0.4) is 0 Å². The molecule has 3 amide bonds. The summed E-state index contributed by atoms with van der Waals surface area (Å²) in [4.78, 5) is 48.1. The van der Waals surface area contributed by atoms with E-state index >= 15 is 0 Å². The Morgan fingerprint density at radius 3 is 2.63 bits per heavy atom. The largest absolute Gasteiger partial charge is 0.481 e. The Morgan fingerprint density at radius 1 is 1.24 bits per heavy atom. The highest BCUT2D eigenvalue weighted by molar-refractivity contribution is 8.00. The molecule has 3 atom stereocenters. The van der Waals surface area contributed by atoms with E-state index in [1.54, 1.807) is 6.07 Å². The summed E-state index contributed by atoms with van der Waals surface area (Å²) in [5.41, 5.74) is 8.95. The third kappa shape index (κ3) is 12.5. The van der Waals surface area contributed by atoms with E-state index in [2.05, 4.69) is 36.2 Å². The van der Waals surface area contributed by atoms with Crippen LogP contribution >= 0.6 is 11.8 Å². The standard InChI is InChI=1S/C23H35N9O4S.C2H4O2/c1-31(12-4-10-25-17-9-8-16(29-30-24)14-19(17)32(35)36)13-5-11-26-21(33)7-3-2-6-20-22-18(15-37-20)27-23(34)28-22;1-2(3)4/h8-9,14,18,20,22,25H,2-7,10-13,15H2,1H3,(H,26,33)(H2,27,28,34);1H3,(H,3,4). The molecule has 2 aliphatic heterocycles. The van der Waals surface area contributed by atoms with Crippen molar-refractivity contribution >= 4 is 46.7 Å². The number of aliphatic carboxylic acids is 1. The van der Waals surface area contributed by atoms with Crippen LogP contribution in [0.25, 0.3) is 10.4 Å². The third-order valence-corrected chi connectivity index (χ3v) is 8.00. The fraction of sp³-hybridized carbons (Fsp3) is 0.640. The molecule has 16 heteroatoms. The van der Waals surface area contributed by atoms with Crippen LogP contribution in [0.5, 0.6) is 0 Å². The number of amides is 3. The molecule has 0 aliphatic carbocycles. The maximum atomic E-state index is 12.1. The topological polar surface area (TPSA) is 215 Å². The summed E-state index contributed by atoms with van der Waals surface area (Å²) in [6.07, 6.45) is 4.99. The Kier molecular flexibility index (Phi) is 14.6. The van der Waals surface area contributed by atoms with Gasteiger partial charge in [0.25, 0.3) is 11.7 Å². The van der Waals surface area contributed by atoms with Crippen molar-refractivity contribution in [3.63, 3.8) is 0 Å². The molecule has 2 heterocycles. The van der Waals surface area contributed by atoms with E-state index in [0.29, 0.717) is 30.4 Å². The van der Waals surface area contributed by atoms with Crippen LogP contribution in [0.1, 0.15) is 45.4 Å². The highest BCUT2D eigenvalue weighted by atomic mass is 32.2. The number of urea groups is 1. The fourth-order valence-electron chi connectivity index (χ4n) is 4.56. The van der Waals surface area contributed by atoms with Gasteiger partial charge >= 0.3 is 6.03 Å². The molecule has 0 spiro atoms. The first kappa shape index (κ1) is 33.5. The van der Waals surface area contributed by atoms with Crippen molar-refractivity contribution in [2.24, 2.45) is 5.11 Å². The summed E-state index contributed by atoms with van der Waals surface area (Å²) < 4.78 is 0. The molecular weight excluding hydrogens is 554 g/mol. The summed E-state index contributed by atoms with van der Waals surface area (Å²) in [7, 11) is 2.01. The van der Waals surface area contributed by atoms with Crippen LogP contribution in [0.2, 0.25) is 0 Å². The van der Waals surface area contributed by atoms with Gasteiger partial charge in [-0.05, 0) is 57.4 Å². The molecule has 15 nitrogen and oxygen atoms in total. The molecule has 1 aromatic carbocycles. The normalized spacial score (nSPS) is 18.7. The number of hydrogen-bond acceptors (Lipinski definition) is 9. The summed E-state index contributed by atoms with van der Waals surface area (Å²) in [6.45, 7) is 3.92. The molecule has 2 fully saturated rings. The minimum atomic E-state index is -0.833. The number of carbonyl (C=O) groups excluding carboxylic acids is 2. The minimum Gasteiger partial charge on any atom is -0.481 e. The molecule has 41 heavy (non-hydrogen) atoms. The van der Waals surface area contributed by atoms with Crippen LogP contribution in [-0.4, -0.2) is 89.2 Å². The molecule has 5 N–H and O–H groups in total. The van der Waals surface area contributed by atoms with Crippen molar-refractivity contribution in [2.45, 2.75) is 62.8 Å². The molecule has 0 radical (unpaired) electrons. The lowest BCUT2D eigenvalue weighted by Crippen LogP contribution is -2.36. The predicted molar refractivity (Wildman–Crippen MR) is 157 cm³/mol. The zero-order valence-corrected chi connectivity index (χ0v) is 24.2. The first-order chi connectivity index (χ1) is 19.6. The van der Waals surface area contributed by atoms with Gasteiger partial charge in [-0.3, -0.25) is 19.7 Å². The quantitative estimate of drug-likeness (QED) is 0.0359. The van der Waals surface area contributed by atoms with E-state index in [-0.39, 0.29) is 35.4 Å². The van der Waals surface area contributed by atoms with E-state index in [1.165, 1.54) is 12.1 Å². The first-order valence-electron chi connectivity index (χ1n) is 13.5. The average Bonchev–Trinajstić information content (AvgIpc) is 3.46. The number of benzene rings is 1. The van der Waals surface area contributed by atoms with Gasteiger partial charge in [-0.15, -0.1) is 0 Å². The number of carboxylic acids is 1. The van der Waals surface area contributed by atoms with Crippen molar-refractivity contribution in [1.82, 2.24) is 20.9 Å². The van der Waals surface area contributed by atoms with E-state index in [0.717, 1.165) is 57.9 Å². The SMILES string of the molecule is CC(=O)O.CN(CCCNC(=O)CCCCC1SCC2NC(=O)NC21)CCCNc1ccc(N=[N+]=[N-])cc1[N+](=O)[O-]. The van der Waals surface area contributed by atoms with Crippen LogP contribution in [0.15, 0.2) is 23.3 Å². The zero-order chi connectivity index (χ0) is 30.2. The monoisotopic (exact) mass is 593 g/mol. The maximum absolute atomic E-state index is 12.1. The molecule has 226 valence electrons. The van der Waals surface area contributed by atoms with Gasteiger partial charge in [-0.25, -0.2) is 4.79 Å². The van der Waals surface area contributed by atoms with Gasteiger partial charge in [0.2, 0.25) is 5.91 Å². The van der Waals surface area contributed by atoms with Crippen molar-refractivity contribution in [3.8, 4) is 0 Å². The molecule has 0 saturated carbocycles. The first-order valence-corrected chi connectivity index (χ1v) is 14.6. The third-order valence-electron chi connectivity index (χ3n) is 6.49. The summed E-state index contributed by atoms with van der Waals surface area (Å²) >= 11 is 1.90. The molecular formula is C25H39N9O6S. The number of azide groups is 1. The van der Waals surface area contributed by atoms with Gasteiger partial charge in [0.15, 0.2) is 0 Å². The zero-order valence-electron chi connectivity index (χ0n) is 23.4. The second-order valence-corrected chi connectivity index (χ2v) is 11.1. The number of nitro benzene ring substituents is 1. The van der Waals surface area contributed by atoms with Gasteiger partial charge in [0, 0.05) is 54.1 Å². The van der Waals surface area contributed by atoms with Crippen molar-refractivity contribution in [2.75, 3.05) is 44.3 Å². The predicted octanol–water partition coefficient (Wildman–Crippen LogP) is 3.59. The van der Waals surface area contributed by atoms with E-state index in [4.69, 9.17) is 15.4 Å². The Balaban J connectivity index is 0.00000138. The Bertz CT molecular complexity index is 1100. The van der Waals surface area contributed by atoms with Crippen LogP contribution in [-0.2, 0) is 9.59 Å². The number of fused-ring (bicyclic) bond motifs is 1. The Labute approximate surface area is 243 Å². The molecule has 2 saturated heterocycles. The molecule has 1 aromatic rings. The van der Waals surface area contributed by atoms with Crippen LogP contribution < -0.4 is 21.3 Å². The van der Waals surface area contributed by atoms with Gasteiger partial charge in [0.05, 0.1) is 17.0 Å². The number of thioether (sulfide) groups is 1. The molecule has 3 rings (SSSR count). The molecule has 0 aromatic heterocycles. The Morgan fingerprint density at radius 2 is 1.95 bits per heavy atom. The summed E-state index contributed by atoms with van der Waals surface area (Å²) in [6, 6.07) is 4.72. The second kappa shape index (κ2) is 17.8. The van der Waals surface area contributed by atoms with E-state index in [1.807, 2.05) is 18.8 Å². The fourth-order valence-corrected chi connectivity index (χ4v) is 6.10. The van der Waals surface area contributed by atoms with E-state index < -0.39 is 10.9 Å². The van der Waals surface area contributed by atoms with Crippen molar-refractivity contribution in [1.29, 1.82) is 0 Å². The van der Waals surface area contributed by atoms with Crippen LogP contribution in [0, 0.1) is 10.1 Å². The number of nitro groups is 1. The smallest absolute Gasteiger partial charge is 0.315 e. The molecule has 0 bridgehead atoms. The number of hydrogen-bond donors (Lipinski definition) is 5. The number of carbonyl (C=O) groups is 3. The Hall–Kier alpha value is -3.75. The number of unbranched alkanes of at least 4 members (excludes halogenated alkanes) is 1. The molecule has 2 aliphatic rings. The maximum Gasteiger partial charge on any atom is 0.315 e. The number of carboxylic acid groups (broad SMARTS) is 1. The van der Waals surface area contributed by atoms with Crippen molar-refractivity contribution in [3.05, 3.63) is 38.8 Å². The highest BCUT2D eigenvalue weighted by Gasteiger charge is 2.42. The highest BCUT2D eigenvalue weighted by Crippen LogP contribution is 2.33. The van der Waals surface area contributed by atoms with Gasteiger partial charge < -0.3 is 31.3 Å². The summed E-state index contributed by atoms with van der Waals surface area (Å²) in [5.74, 6) is 0.198. The molecule has 3 unspecified atom stereocenters.